The van der Waals surface area contributed by atoms with Crippen molar-refractivity contribution in [3.8, 4) is 0 Å². The largest absolute Gasteiger partial charge is 0.462 e. The Hall–Kier alpha value is -2.75. The third-order valence-electron chi connectivity index (χ3n) is 15.1. The first kappa shape index (κ1) is 40.4. The Morgan fingerprint density at radius 3 is 2.08 bits per heavy atom. The number of carbonyl (C=O) groups is 3. The van der Waals surface area contributed by atoms with Gasteiger partial charge in [0.25, 0.3) is 0 Å². The second-order valence-corrected chi connectivity index (χ2v) is 18.7. The van der Waals surface area contributed by atoms with Gasteiger partial charge in [-0.05, 0) is 112 Å². The minimum absolute atomic E-state index is 0.0832. The van der Waals surface area contributed by atoms with Gasteiger partial charge in [-0.3, -0.25) is 0 Å². The van der Waals surface area contributed by atoms with Crippen LogP contribution >= 0.6 is 0 Å². The number of aliphatic hydroxyl groups is 3. The molecule has 290 valence electrons. The van der Waals surface area contributed by atoms with Crippen LogP contribution in [0.5, 0.6) is 0 Å². The van der Waals surface area contributed by atoms with Gasteiger partial charge in [0.1, 0.15) is 19.3 Å². The SMILES string of the molecule is C/C=C/C(=O)OC[C@]1(C)C2CC[C@]3(C)C(CC=C4C5CC(C)(C)[C@@H](O)[C@H](O)[C@]5(COC(=O)C=C(C)C)[C@H](O)C[C@]43C)[C@@]2(C)CC[C@@H]1OC(=O)/C=C/C. The van der Waals surface area contributed by atoms with Crippen LogP contribution in [-0.2, 0) is 28.6 Å². The number of fused-ring (bicyclic) bond motifs is 7. The molecule has 0 heterocycles. The molecule has 0 aromatic carbocycles. The van der Waals surface area contributed by atoms with Crippen molar-refractivity contribution in [3.05, 3.63) is 47.6 Å². The zero-order valence-electron chi connectivity index (χ0n) is 33.2. The molecule has 9 nitrogen and oxygen atoms in total. The first-order valence-corrected chi connectivity index (χ1v) is 19.4. The number of esters is 3. The standard InChI is InChI=1S/C43H64O9/c1-11-13-33(45)50-24-40(8)29-17-20-41(9)30(39(29,7)19-18-32(40)52-34(46)14-12-2)16-15-27-28-22-38(5,6)36(48)37(49)43(28,31(44)23-42(27,41)10)25-51-35(47)21-26(3)4/h11-15,21,28-32,36-37,44,48-49H,16-20,22-25H2,1-10H3/b13-11+,14-12+/t28?,29?,30?,31-,32+,36+,37+,39+,40-,41-,42-,43+/m1/s1. The van der Waals surface area contributed by atoms with Crippen molar-refractivity contribution in [1.29, 1.82) is 0 Å². The second-order valence-electron chi connectivity index (χ2n) is 18.7. The van der Waals surface area contributed by atoms with E-state index in [1.807, 2.05) is 27.7 Å². The molecular formula is C43H64O9. The van der Waals surface area contributed by atoms with Crippen molar-refractivity contribution in [1.82, 2.24) is 0 Å². The number of hydrogen-bond donors (Lipinski definition) is 3. The smallest absolute Gasteiger partial charge is 0.330 e. The van der Waals surface area contributed by atoms with Crippen LogP contribution in [0, 0.1) is 50.2 Å². The molecule has 0 amide bonds. The van der Waals surface area contributed by atoms with Crippen molar-refractivity contribution < 1.29 is 43.9 Å². The average Bonchev–Trinajstić information content (AvgIpc) is 3.04. The van der Waals surface area contributed by atoms with Gasteiger partial charge >= 0.3 is 17.9 Å². The van der Waals surface area contributed by atoms with Crippen LogP contribution in [0.4, 0.5) is 0 Å². The molecule has 0 bridgehead atoms. The number of carbonyl (C=O) groups excluding carboxylic acids is 3. The van der Waals surface area contributed by atoms with E-state index in [2.05, 4.69) is 33.8 Å². The molecule has 0 aliphatic heterocycles. The van der Waals surface area contributed by atoms with Gasteiger partial charge in [0, 0.05) is 23.6 Å². The van der Waals surface area contributed by atoms with Gasteiger partial charge < -0.3 is 29.5 Å². The van der Waals surface area contributed by atoms with Gasteiger partial charge in [0.15, 0.2) is 0 Å². The summed E-state index contributed by atoms with van der Waals surface area (Å²) in [5, 5.41) is 35.8. The molecule has 0 radical (unpaired) electrons. The fourth-order valence-electron chi connectivity index (χ4n) is 12.3. The minimum Gasteiger partial charge on any atom is -0.462 e. The third kappa shape index (κ3) is 6.24. The fraction of sp³-hybridized carbons (Fsp3) is 0.744. The predicted octanol–water partition coefficient (Wildman–Crippen LogP) is 6.80. The Morgan fingerprint density at radius 2 is 1.44 bits per heavy atom. The lowest BCUT2D eigenvalue weighted by atomic mass is 9.33. The maximum absolute atomic E-state index is 12.8. The summed E-state index contributed by atoms with van der Waals surface area (Å²) >= 11 is 0. The molecule has 3 unspecified atom stereocenters. The molecule has 4 fully saturated rings. The van der Waals surface area contributed by atoms with E-state index in [4.69, 9.17) is 14.2 Å². The van der Waals surface area contributed by atoms with E-state index in [0.717, 1.165) is 31.3 Å². The molecular weight excluding hydrogens is 660 g/mol. The van der Waals surface area contributed by atoms with Crippen molar-refractivity contribution in [2.45, 2.75) is 139 Å². The quantitative estimate of drug-likeness (QED) is 0.107. The Kier molecular flexibility index (Phi) is 11.0. The van der Waals surface area contributed by atoms with Gasteiger partial charge in [-0.15, -0.1) is 0 Å². The van der Waals surface area contributed by atoms with E-state index in [0.29, 0.717) is 19.3 Å². The highest BCUT2D eigenvalue weighted by atomic mass is 16.6. The van der Waals surface area contributed by atoms with Crippen LogP contribution in [0.15, 0.2) is 47.6 Å². The van der Waals surface area contributed by atoms with E-state index in [1.54, 1.807) is 26.0 Å². The number of aliphatic hydroxyl groups excluding tert-OH is 3. The molecule has 0 saturated heterocycles. The number of ether oxygens (including phenoxy) is 3. The molecule has 0 spiro atoms. The molecule has 12 atom stereocenters. The lowest BCUT2D eigenvalue weighted by molar-refractivity contribution is -0.261. The van der Waals surface area contributed by atoms with Crippen LogP contribution in [0.25, 0.3) is 0 Å². The maximum atomic E-state index is 12.8. The highest BCUT2D eigenvalue weighted by Crippen LogP contribution is 2.76. The number of rotatable bonds is 8. The highest BCUT2D eigenvalue weighted by molar-refractivity contribution is 5.83. The lowest BCUT2D eigenvalue weighted by Crippen LogP contribution is -2.72. The van der Waals surface area contributed by atoms with E-state index in [-0.39, 0.29) is 41.8 Å². The molecule has 0 aromatic heterocycles. The number of hydrogen-bond acceptors (Lipinski definition) is 9. The molecule has 3 N–H and O–H groups in total. The lowest BCUT2D eigenvalue weighted by Gasteiger charge is -2.72. The van der Waals surface area contributed by atoms with Crippen molar-refractivity contribution >= 4 is 17.9 Å². The van der Waals surface area contributed by atoms with Gasteiger partial charge in [-0.2, -0.15) is 0 Å². The van der Waals surface area contributed by atoms with Crippen LogP contribution in [-0.4, -0.2) is 70.9 Å². The first-order chi connectivity index (χ1) is 24.2. The van der Waals surface area contributed by atoms with Gasteiger partial charge in [0.2, 0.25) is 0 Å². The summed E-state index contributed by atoms with van der Waals surface area (Å²) < 4.78 is 17.8. The highest BCUT2D eigenvalue weighted by Gasteiger charge is 2.73. The van der Waals surface area contributed by atoms with E-state index in [1.165, 1.54) is 23.8 Å². The summed E-state index contributed by atoms with van der Waals surface area (Å²) in [5.41, 5.74) is -1.47. The summed E-state index contributed by atoms with van der Waals surface area (Å²) in [7, 11) is 0. The Morgan fingerprint density at radius 1 is 0.808 bits per heavy atom. The number of allylic oxidation sites excluding steroid dienone is 5. The Balaban J connectivity index is 1.57. The van der Waals surface area contributed by atoms with Crippen molar-refractivity contribution in [2.75, 3.05) is 13.2 Å². The summed E-state index contributed by atoms with van der Waals surface area (Å²) in [4.78, 5) is 38.3. The normalized spacial score (nSPS) is 43.6. The molecule has 52 heavy (non-hydrogen) atoms. The topological polar surface area (TPSA) is 140 Å². The summed E-state index contributed by atoms with van der Waals surface area (Å²) in [6.07, 6.45) is 10.9. The fourth-order valence-corrected chi connectivity index (χ4v) is 12.3. The van der Waals surface area contributed by atoms with Gasteiger partial charge in [-0.1, -0.05) is 70.9 Å². The van der Waals surface area contributed by atoms with Gasteiger partial charge in [0.05, 0.1) is 23.7 Å². The molecule has 4 saturated carbocycles. The third-order valence-corrected chi connectivity index (χ3v) is 15.1. The minimum atomic E-state index is -1.30. The molecule has 0 aromatic rings. The summed E-state index contributed by atoms with van der Waals surface area (Å²) in [5.74, 6) is -1.37. The summed E-state index contributed by atoms with van der Waals surface area (Å²) in [6.45, 7) is 20.2. The monoisotopic (exact) mass is 724 g/mol. The van der Waals surface area contributed by atoms with E-state index in [9.17, 15) is 29.7 Å². The second kappa shape index (κ2) is 14.2. The zero-order valence-corrected chi connectivity index (χ0v) is 33.2. The zero-order chi connectivity index (χ0) is 38.7. The van der Waals surface area contributed by atoms with Crippen LogP contribution in [0.2, 0.25) is 0 Å². The average molecular weight is 725 g/mol. The maximum Gasteiger partial charge on any atom is 0.330 e. The Bertz CT molecular complexity index is 1540. The Labute approximate surface area is 310 Å². The molecule has 5 aliphatic rings. The van der Waals surface area contributed by atoms with Gasteiger partial charge in [-0.25, -0.2) is 14.4 Å². The van der Waals surface area contributed by atoms with Crippen LogP contribution < -0.4 is 0 Å². The van der Waals surface area contributed by atoms with Crippen LogP contribution in [0.3, 0.4) is 0 Å². The predicted molar refractivity (Wildman–Crippen MR) is 198 cm³/mol. The van der Waals surface area contributed by atoms with Crippen molar-refractivity contribution in [3.63, 3.8) is 0 Å². The molecule has 5 rings (SSSR count). The molecule has 9 heteroatoms. The molecule has 5 aliphatic carbocycles. The van der Waals surface area contributed by atoms with E-state index < -0.39 is 64.0 Å². The van der Waals surface area contributed by atoms with Crippen LogP contribution in [0.1, 0.15) is 114 Å². The van der Waals surface area contributed by atoms with Crippen molar-refractivity contribution in [2.24, 2.45) is 50.2 Å². The first-order valence-electron chi connectivity index (χ1n) is 19.4. The van der Waals surface area contributed by atoms with E-state index >= 15 is 0 Å². The summed E-state index contributed by atoms with van der Waals surface area (Å²) in [6, 6.07) is 0.